The highest BCUT2D eigenvalue weighted by Crippen LogP contribution is 1.98. The van der Waals surface area contributed by atoms with Gasteiger partial charge >= 0.3 is 0 Å². The van der Waals surface area contributed by atoms with Gasteiger partial charge in [-0.25, -0.2) is 4.98 Å². The molecule has 2 rings (SSSR count). The number of carbonyl (C=O) groups is 1. The quantitative estimate of drug-likeness (QED) is 0.795. The zero-order valence-corrected chi connectivity index (χ0v) is 9.21. The number of nitrogens with one attached hydrogen (secondary N) is 1. The van der Waals surface area contributed by atoms with Gasteiger partial charge in [0.05, 0.1) is 18.3 Å². The summed E-state index contributed by atoms with van der Waals surface area (Å²) in [6, 6.07) is 0. The van der Waals surface area contributed by atoms with Gasteiger partial charge in [-0.3, -0.25) is 9.48 Å². The molecule has 0 aliphatic rings. The Morgan fingerprint density at radius 2 is 2.31 bits per heavy atom. The number of nitrogens with zero attached hydrogens (tertiary/aromatic N) is 4. The Balaban J connectivity index is 1.96. The summed E-state index contributed by atoms with van der Waals surface area (Å²) < 4.78 is 3.46. The van der Waals surface area contributed by atoms with Crippen molar-refractivity contribution < 1.29 is 4.79 Å². The van der Waals surface area contributed by atoms with Crippen molar-refractivity contribution in [3.05, 3.63) is 36.2 Å². The van der Waals surface area contributed by atoms with Crippen LogP contribution in [-0.4, -0.2) is 25.2 Å². The lowest BCUT2D eigenvalue weighted by Gasteiger charge is -2.03. The number of hydrogen-bond donors (Lipinski definition) is 1. The predicted octanol–water partition coefficient (Wildman–Crippen LogP) is 0.0836. The van der Waals surface area contributed by atoms with Crippen LogP contribution < -0.4 is 5.32 Å². The second-order valence-electron chi connectivity index (χ2n) is 3.54. The average Bonchev–Trinajstić information content (AvgIpc) is 2.84. The Morgan fingerprint density at radius 3 is 2.88 bits per heavy atom. The molecule has 0 spiro atoms. The first-order chi connectivity index (χ1) is 7.66. The molecule has 2 aromatic rings. The van der Waals surface area contributed by atoms with Crippen LogP contribution in [0.5, 0.6) is 0 Å². The molecule has 2 aromatic heterocycles. The molecule has 0 fully saturated rings. The maximum absolute atomic E-state index is 11.7. The lowest BCUT2D eigenvalue weighted by molar-refractivity contribution is 0.0949. The molecule has 1 amide bonds. The van der Waals surface area contributed by atoms with Gasteiger partial charge in [0.15, 0.2) is 0 Å². The van der Waals surface area contributed by atoms with Gasteiger partial charge in [-0.15, -0.1) is 0 Å². The highest BCUT2D eigenvalue weighted by molar-refractivity contribution is 5.93. The Kier molecular flexibility index (Phi) is 2.72. The zero-order valence-electron chi connectivity index (χ0n) is 9.21. The Morgan fingerprint density at radius 1 is 1.50 bits per heavy atom. The summed E-state index contributed by atoms with van der Waals surface area (Å²) in [4.78, 5) is 15.8. The van der Waals surface area contributed by atoms with E-state index in [-0.39, 0.29) is 5.91 Å². The molecule has 2 heterocycles. The number of aromatic nitrogens is 4. The van der Waals surface area contributed by atoms with Gasteiger partial charge in [0, 0.05) is 32.7 Å². The molecule has 16 heavy (non-hydrogen) atoms. The maximum atomic E-state index is 11.7. The lowest BCUT2D eigenvalue weighted by atomic mass is 10.3. The maximum Gasteiger partial charge on any atom is 0.254 e. The van der Waals surface area contributed by atoms with E-state index in [1.54, 1.807) is 24.1 Å². The van der Waals surface area contributed by atoms with Crippen LogP contribution in [0.4, 0.5) is 0 Å². The summed E-state index contributed by atoms with van der Waals surface area (Å²) in [5.74, 6) is 0.674. The zero-order chi connectivity index (χ0) is 11.5. The van der Waals surface area contributed by atoms with Crippen LogP contribution in [0.2, 0.25) is 0 Å². The topological polar surface area (TPSA) is 64.7 Å². The number of imidazole rings is 1. The molecule has 0 aliphatic carbocycles. The van der Waals surface area contributed by atoms with Crippen LogP contribution >= 0.6 is 0 Å². The van der Waals surface area contributed by atoms with Crippen molar-refractivity contribution >= 4 is 5.91 Å². The molecule has 0 saturated carbocycles. The third-order valence-electron chi connectivity index (χ3n) is 2.30. The molecule has 0 aliphatic heterocycles. The Hall–Kier alpha value is -2.11. The van der Waals surface area contributed by atoms with Crippen molar-refractivity contribution in [2.24, 2.45) is 14.1 Å². The standard InChI is InChI=1S/C10H13N5O/c1-14-4-3-11-9(14)6-12-10(16)8-5-13-15(2)7-8/h3-5,7H,6H2,1-2H3,(H,12,16). The lowest BCUT2D eigenvalue weighted by Crippen LogP contribution is -2.24. The molecular weight excluding hydrogens is 206 g/mol. The third kappa shape index (κ3) is 2.10. The fraction of sp³-hybridized carbons (Fsp3) is 0.300. The fourth-order valence-electron chi connectivity index (χ4n) is 1.37. The van der Waals surface area contributed by atoms with Crippen molar-refractivity contribution in [3.63, 3.8) is 0 Å². The van der Waals surface area contributed by atoms with Crippen molar-refractivity contribution in [2.45, 2.75) is 6.54 Å². The summed E-state index contributed by atoms with van der Waals surface area (Å²) in [5, 5.41) is 6.72. The van der Waals surface area contributed by atoms with Crippen LogP contribution in [-0.2, 0) is 20.6 Å². The minimum absolute atomic E-state index is 0.142. The van der Waals surface area contributed by atoms with E-state index >= 15 is 0 Å². The van der Waals surface area contributed by atoms with Crippen molar-refractivity contribution in [1.29, 1.82) is 0 Å². The van der Waals surface area contributed by atoms with Crippen molar-refractivity contribution in [3.8, 4) is 0 Å². The van der Waals surface area contributed by atoms with E-state index in [0.29, 0.717) is 12.1 Å². The molecule has 0 radical (unpaired) electrons. The third-order valence-corrected chi connectivity index (χ3v) is 2.30. The number of carbonyl (C=O) groups excluding carboxylic acids is 1. The minimum atomic E-state index is -0.142. The number of amides is 1. The van der Waals surface area contributed by atoms with Crippen LogP contribution in [0.1, 0.15) is 16.2 Å². The SMILES string of the molecule is Cn1cc(C(=O)NCc2nccn2C)cn1. The largest absolute Gasteiger partial charge is 0.345 e. The molecule has 84 valence electrons. The molecule has 1 N–H and O–H groups in total. The van der Waals surface area contributed by atoms with Crippen LogP contribution in [0, 0.1) is 0 Å². The van der Waals surface area contributed by atoms with Crippen molar-refractivity contribution in [1.82, 2.24) is 24.6 Å². The van der Waals surface area contributed by atoms with E-state index in [1.807, 2.05) is 17.8 Å². The number of rotatable bonds is 3. The van der Waals surface area contributed by atoms with Gasteiger partial charge in [-0.1, -0.05) is 0 Å². The summed E-state index contributed by atoms with van der Waals surface area (Å²) >= 11 is 0. The van der Waals surface area contributed by atoms with Gasteiger partial charge < -0.3 is 9.88 Å². The van der Waals surface area contributed by atoms with E-state index in [9.17, 15) is 4.79 Å². The van der Waals surface area contributed by atoms with Gasteiger partial charge in [-0.05, 0) is 0 Å². The summed E-state index contributed by atoms with van der Waals surface area (Å²) in [6.45, 7) is 0.414. The molecule has 0 atom stereocenters. The molecule has 0 saturated heterocycles. The summed E-state index contributed by atoms with van der Waals surface area (Å²) in [6.07, 6.45) is 6.75. The van der Waals surface area contributed by atoms with E-state index in [4.69, 9.17) is 0 Å². The monoisotopic (exact) mass is 219 g/mol. The smallest absolute Gasteiger partial charge is 0.254 e. The first-order valence-corrected chi connectivity index (χ1v) is 4.90. The highest BCUT2D eigenvalue weighted by atomic mass is 16.1. The van der Waals surface area contributed by atoms with Gasteiger partial charge in [-0.2, -0.15) is 5.10 Å². The second-order valence-corrected chi connectivity index (χ2v) is 3.54. The summed E-state index contributed by atoms with van der Waals surface area (Å²) in [5.41, 5.74) is 0.553. The minimum Gasteiger partial charge on any atom is -0.345 e. The molecular formula is C10H13N5O. The normalized spacial score (nSPS) is 10.4. The molecule has 6 nitrogen and oxygen atoms in total. The van der Waals surface area contributed by atoms with E-state index in [0.717, 1.165) is 5.82 Å². The van der Waals surface area contributed by atoms with Crippen LogP contribution in [0.3, 0.4) is 0 Å². The van der Waals surface area contributed by atoms with Gasteiger partial charge in [0.2, 0.25) is 0 Å². The number of aryl methyl sites for hydroxylation is 2. The molecule has 6 heteroatoms. The Bertz CT molecular complexity index is 499. The first kappa shape index (κ1) is 10.4. The van der Waals surface area contributed by atoms with Crippen molar-refractivity contribution in [2.75, 3.05) is 0 Å². The van der Waals surface area contributed by atoms with Gasteiger partial charge in [0.1, 0.15) is 5.82 Å². The highest BCUT2D eigenvalue weighted by Gasteiger charge is 2.08. The first-order valence-electron chi connectivity index (χ1n) is 4.90. The Labute approximate surface area is 92.9 Å². The average molecular weight is 219 g/mol. The predicted molar refractivity (Wildman–Crippen MR) is 57.6 cm³/mol. The second kappa shape index (κ2) is 4.18. The number of hydrogen-bond acceptors (Lipinski definition) is 3. The van der Waals surface area contributed by atoms with Gasteiger partial charge in [0.25, 0.3) is 5.91 Å². The fourth-order valence-corrected chi connectivity index (χ4v) is 1.37. The molecule has 0 aromatic carbocycles. The molecule has 0 unspecified atom stereocenters. The molecule has 0 bridgehead atoms. The van der Waals surface area contributed by atoms with Crippen LogP contribution in [0.25, 0.3) is 0 Å². The van der Waals surface area contributed by atoms with E-state index < -0.39 is 0 Å². The summed E-state index contributed by atoms with van der Waals surface area (Å²) in [7, 11) is 3.66. The van der Waals surface area contributed by atoms with Crippen LogP contribution in [0.15, 0.2) is 24.8 Å². The van der Waals surface area contributed by atoms with E-state index in [1.165, 1.54) is 6.20 Å². The van der Waals surface area contributed by atoms with E-state index in [2.05, 4.69) is 15.4 Å².